The lowest BCUT2D eigenvalue weighted by Crippen LogP contribution is -2.34. The summed E-state index contributed by atoms with van der Waals surface area (Å²) < 4.78 is 50.6. The minimum Gasteiger partial charge on any atom is -0.266 e. The second-order valence-corrected chi connectivity index (χ2v) is 4.29. The standard InChI is InChI=1S/C9H4F3NO4S/c10-9(11,12)18(16)17-13-7(14)5-3-1-2-4-6(5)8(13)15/h1-4H. The normalized spacial score (nSPS) is 16.9. The summed E-state index contributed by atoms with van der Waals surface area (Å²) >= 11 is -3.77. The van der Waals surface area contributed by atoms with Crippen LogP contribution in [-0.2, 0) is 15.4 Å². The highest BCUT2D eigenvalue weighted by atomic mass is 32.2. The minimum absolute atomic E-state index is 0.0957. The van der Waals surface area contributed by atoms with E-state index in [4.69, 9.17) is 0 Å². The summed E-state index contributed by atoms with van der Waals surface area (Å²) in [6, 6.07) is 5.40. The fourth-order valence-electron chi connectivity index (χ4n) is 1.34. The number of alkyl halides is 3. The lowest BCUT2D eigenvalue weighted by atomic mass is 10.1. The Morgan fingerprint density at radius 1 is 1.06 bits per heavy atom. The van der Waals surface area contributed by atoms with Gasteiger partial charge in [0, 0.05) is 0 Å². The number of halogens is 3. The van der Waals surface area contributed by atoms with Crippen LogP contribution in [0.25, 0.3) is 0 Å². The summed E-state index contributed by atoms with van der Waals surface area (Å²) in [6.45, 7) is 0. The van der Waals surface area contributed by atoms with Crippen LogP contribution in [-0.4, -0.2) is 26.6 Å². The molecule has 9 heteroatoms. The lowest BCUT2D eigenvalue weighted by Gasteiger charge is -2.12. The molecule has 0 fully saturated rings. The van der Waals surface area contributed by atoms with E-state index in [0.29, 0.717) is 0 Å². The molecule has 1 aliphatic rings. The summed E-state index contributed by atoms with van der Waals surface area (Å²) in [5.41, 5.74) is -5.36. The third-order valence-electron chi connectivity index (χ3n) is 2.09. The molecule has 1 heterocycles. The fraction of sp³-hybridized carbons (Fsp3) is 0.111. The highest BCUT2D eigenvalue weighted by Crippen LogP contribution is 2.27. The van der Waals surface area contributed by atoms with Gasteiger partial charge in [-0.2, -0.15) is 17.5 Å². The highest BCUT2D eigenvalue weighted by Gasteiger charge is 2.45. The maximum Gasteiger partial charge on any atom is 0.499 e. The van der Waals surface area contributed by atoms with Gasteiger partial charge in [0.15, 0.2) is 0 Å². The number of imide groups is 1. The van der Waals surface area contributed by atoms with Crippen molar-refractivity contribution in [2.45, 2.75) is 5.51 Å². The number of benzene rings is 1. The Labute approximate surface area is 101 Å². The van der Waals surface area contributed by atoms with E-state index in [1.165, 1.54) is 24.3 Å². The van der Waals surface area contributed by atoms with Crippen LogP contribution >= 0.6 is 0 Å². The Morgan fingerprint density at radius 2 is 1.50 bits per heavy atom. The van der Waals surface area contributed by atoms with Gasteiger partial charge >= 0.3 is 5.51 Å². The first-order valence-corrected chi connectivity index (χ1v) is 5.54. The van der Waals surface area contributed by atoms with Gasteiger partial charge in [-0.1, -0.05) is 12.1 Å². The molecule has 18 heavy (non-hydrogen) atoms. The molecule has 0 bridgehead atoms. The first-order chi connectivity index (χ1) is 8.32. The molecule has 5 nitrogen and oxygen atoms in total. The third-order valence-corrected chi connectivity index (χ3v) is 2.75. The molecule has 0 spiro atoms. The number of carbonyl (C=O) groups excluding carboxylic acids is 2. The van der Waals surface area contributed by atoms with Crippen LogP contribution in [0.2, 0.25) is 0 Å². The van der Waals surface area contributed by atoms with Gasteiger partial charge in [0.1, 0.15) is 0 Å². The molecule has 2 rings (SSSR count). The molecule has 0 saturated carbocycles. The van der Waals surface area contributed by atoms with Crippen molar-refractivity contribution < 1.29 is 31.3 Å². The van der Waals surface area contributed by atoms with Gasteiger partial charge in [-0.3, -0.25) is 9.59 Å². The van der Waals surface area contributed by atoms with Crippen LogP contribution in [0.3, 0.4) is 0 Å². The first kappa shape index (κ1) is 12.7. The van der Waals surface area contributed by atoms with Crippen molar-refractivity contribution in [3.05, 3.63) is 35.4 Å². The number of hydrogen-bond acceptors (Lipinski definition) is 4. The molecular formula is C9H4F3NO4S. The minimum atomic E-state index is -5.17. The molecule has 1 aliphatic heterocycles. The molecule has 1 unspecified atom stereocenters. The number of hydroxylamine groups is 2. The molecule has 1 atom stereocenters. The van der Waals surface area contributed by atoms with E-state index in [1.807, 2.05) is 0 Å². The van der Waals surface area contributed by atoms with E-state index < -0.39 is 28.4 Å². The van der Waals surface area contributed by atoms with Gasteiger partial charge in [0.2, 0.25) is 0 Å². The maximum absolute atomic E-state index is 12.0. The molecular weight excluding hydrogens is 275 g/mol. The first-order valence-electron chi connectivity index (χ1n) is 4.47. The smallest absolute Gasteiger partial charge is 0.266 e. The predicted octanol–water partition coefficient (Wildman–Crippen LogP) is 1.40. The van der Waals surface area contributed by atoms with Crippen LogP contribution in [0, 0.1) is 0 Å². The maximum atomic E-state index is 12.0. The summed E-state index contributed by atoms with van der Waals surface area (Å²) in [7, 11) is 0. The van der Waals surface area contributed by atoms with Crippen molar-refractivity contribution in [2.75, 3.05) is 0 Å². The molecule has 2 amide bonds. The second-order valence-electron chi connectivity index (χ2n) is 3.21. The zero-order valence-electron chi connectivity index (χ0n) is 8.43. The van der Waals surface area contributed by atoms with Crippen molar-refractivity contribution in [3.8, 4) is 0 Å². The predicted molar refractivity (Wildman–Crippen MR) is 52.2 cm³/mol. The quantitative estimate of drug-likeness (QED) is 0.768. The van der Waals surface area contributed by atoms with E-state index in [2.05, 4.69) is 4.28 Å². The Morgan fingerprint density at radius 3 is 1.89 bits per heavy atom. The fourth-order valence-corrected chi connectivity index (χ4v) is 1.70. The number of rotatable bonds is 2. The van der Waals surface area contributed by atoms with Gasteiger partial charge in [-0.25, -0.2) is 4.21 Å². The van der Waals surface area contributed by atoms with Crippen molar-refractivity contribution in [3.63, 3.8) is 0 Å². The van der Waals surface area contributed by atoms with Gasteiger partial charge in [0.25, 0.3) is 22.9 Å². The summed E-state index contributed by atoms with van der Waals surface area (Å²) in [4.78, 5) is 23.1. The van der Waals surface area contributed by atoms with E-state index >= 15 is 0 Å². The van der Waals surface area contributed by atoms with Crippen LogP contribution in [0.4, 0.5) is 13.2 Å². The second kappa shape index (κ2) is 4.18. The van der Waals surface area contributed by atoms with Crippen molar-refractivity contribution in [1.29, 1.82) is 0 Å². The average molecular weight is 279 g/mol. The zero-order valence-corrected chi connectivity index (χ0v) is 9.25. The average Bonchev–Trinajstić information content (AvgIpc) is 2.54. The third kappa shape index (κ3) is 2.02. The Hall–Kier alpha value is -1.74. The number of fused-ring (bicyclic) bond motifs is 1. The number of carbonyl (C=O) groups is 2. The van der Waals surface area contributed by atoms with E-state index in [0.717, 1.165) is 0 Å². The van der Waals surface area contributed by atoms with Crippen molar-refractivity contribution in [2.24, 2.45) is 0 Å². The Balaban J connectivity index is 2.27. The molecule has 96 valence electrons. The summed E-state index contributed by atoms with van der Waals surface area (Å²) in [5, 5.41) is -0.145. The topological polar surface area (TPSA) is 63.7 Å². The van der Waals surface area contributed by atoms with Crippen LogP contribution in [0.5, 0.6) is 0 Å². The van der Waals surface area contributed by atoms with Gasteiger partial charge in [0.05, 0.1) is 11.1 Å². The van der Waals surface area contributed by atoms with Crippen LogP contribution < -0.4 is 0 Å². The molecule has 0 N–H and O–H groups in total. The Bertz CT molecular complexity index is 522. The van der Waals surface area contributed by atoms with Gasteiger partial charge < -0.3 is 0 Å². The molecule has 0 saturated heterocycles. The molecule has 0 aliphatic carbocycles. The summed E-state index contributed by atoms with van der Waals surface area (Å²) in [6.07, 6.45) is 0. The number of hydrogen-bond donors (Lipinski definition) is 0. The SMILES string of the molecule is O=C1c2ccccc2C(=O)N1OS(=O)C(F)(F)F. The van der Waals surface area contributed by atoms with Crippen molar-refractivity contribution >= 4 is 22.9 Å². The van der Waals surface area contributed by atoms with Gasteiger partial charge in [-0.15, -0.1) is 5.06 Å². The molecule has 1 aromatic carbocycles. The van der Waals surface area contributed by atoms with E-state index in [9.17, 15) is 27.0 Å². The Kier molecular flexibility index (Phi) is 2.95. The number of nitrogens with zero attached hydrogens (tertiary/aromatic N) is 1. The molecule has 0 aromatic heterocycles. The molecule has 1 aromatic rings. The lowest BCUT2D eigenvalue weighted by molar-refractivity contribution is -0.0658. The number of amides is 2. The van der Waals surface area contributed by atoms with Crippen LogP contribution in [0.15, 0.2) is 24.3 Å². The molecule has 0 radical (unpaired) electrons. The zero-order chi connectivity index (χ0) is 13.5. The van der Waals surface area contributed by atoms with E-state index in [-0.39, 0.29) is 16.2 Å². The largest absolute Gasteiger partial charge is 0.499 e. The van der Waals surface area contributed by atoms with Crippen molar-refractivity contribution in [1.82, 2.24) is 5.06 Å². The summed E-state index contributed by atoms with van der Waals surface area (Å²) in [5.74, 6) is -2.15. The van der Waals surface area contributed by atoms with Gasteiger partial charge in [-0.05, 0) is 12.1 Å². The monoisotopic (exact) mass is 279 g/mol. The highest BCUT2D eigenvalue weighted by molar-refractivity contribution is 7.81. The van der Waals surface area contributed by atoms with Crippen LogP contribution in [0.1, 0.15) is 20.7 Å². The van der Waals surface area contributed by atoms with E-state index in [1.54, 1.807) is 0 Å².